The van der Waals surface area contributed by atoms with Gasteiger partial charge in [0.25, 0.3) is 0 Å². The molecule has 0 aromatic rings. The Hall–Kier alpha value is -0.0800. The van der Waals surface area contributed by atoms with E-state index in [1.54, 1.807) is 0 Å². The second kappa shape index (κ2) is 3.94. The summed E-state index contributed by atoms with van der Waals surface area (Å²) in [5, 5.41) is 0. The van der Waals surface area contributed by atoms with Crippen LogP contribution in [-0.4, -0.2) is 30.6 Å². The minimum absolute atomic E-state index is 0.203. The summed E-state index contributed by atoms with van der Waals surface area (Å²) in [6, 6.07) is 0. The molecule has 0 aromatic carbocycles. The summed E-state index contributed by atoms with van der Waals surface area (Å²) >= 11 is 0. The Kier molecular flexibility index (Phi) is 3.91. The molecule has 0 saturated carbocycles. The standard InChI is InChI=1S/C8H20N2/c1-5-8(3,7-9)10(4)6-2/h5-7,9H2,1-4H3. The van der Waals surface area contributed by atoms with E-state index in [0.717, 1.165) is 19.5 Å². The molecule has 0 bridgehead atoms. The molecule has 1 unspecified atom stereocenters. The summed E-state index contributed by atoms with van der Waals surface area (Å²) in [7, 11) is 2.12. The molecule has 10 heavy (non-hydrogen) atoms. The molecule has 0 heterocycles. The van der Waals surface area contributed by atoms with Crippen molar-refractivity contribution in [2.45, 2.75) is 32.7 Å². The maximum absolute atomic E-state index is 5.65. The van der Waals surface area contributed by atoms with E-state index in [1.165, 1.54) is 0 Å². The molecule has 0 aliphatic carbocycles. The van der Waals surface area contributed by atoms with Gasteiger partial charge in [0, 0.05) is 12.1 Å². The van der Waals surface area contributed by atoms with Gasteiger partial charge < -0.3 is 5.73 Å². The molecule has 0 rings (SSSR count). The van der Waals surface area contributed by atoms with Crippen molar-refractivity contribution in [3.05, 3.63) is 0 Å². The van der Waals surface area contributed by atoms with Crippen LogP contribution in [0.2, 0.25) is 0 Å². The molecule has 0 aliphatic heterocycles. The largest absolute Gasteiger partial charge is 0.329 e. The van der Waals surface area contributed by atoms with E-state index in [9.17, 15) is 0 Å². The van der Waals surface area contributed by atoms with Crippen LogP contribution in [0.1, 0.15) is 27.2 Å². The average molecular weight is 144 g/mol. The van der Waals surface area contributed by atoms with Gasteiger partial charge in [0.05, 0.1) is 0 Å². The molecule has 2 N–H and O–H groups in total. The molecule has 0 spiro atoms. The number of nitrogens with two attached hydrogens (primary N) is 1. The summed E-state index contributed by atoms with van der Waals surface area (Å²) in [5.41, 5.74) is 5.86. The highest BCUT2D eigenvalue weighted by Crippen LogP contribution is 2.14. The molecule has 0 aromatic heterocycles. The summed E-state index contributed by atoms with van der Waals surface area (Å²) in [4.78, 5) is 2.30. The Morgan fingerprint density at radius 1 is 1.40 bits per heavy atom. The highest BCUT2D eigenvalue weighted by atomic mass is 15.2. The number of hydrogen-bond acceptors (Lipinski definition) is 2. The van der Waals surface area contributed by atoms with Crippen LogP contribution >= 0.6 is 0 Å². The minimum atomic E-state index is 0.203. The second-order valence-electron chi connectivity index (χ2n) is 3.07. The van der Waals surface area contributed by atoms with Crippen molar-refractivity contribution in [1.29, 1.82) is 0 Å². The van der Waals surface area contributed by atoms with Crippen LogP contribution < -0.4 is 5.73 Å². The van der Waals surface area contributed by atoms with Crippen LogP contribution in [0, 0.1) is 0 Å². The monoisotopic (exact) mass is 144 g/mol. The quantitative estimate of drug-likeness (QED) is 0.639. The summed E-state index contributed by atoms with van der Waals surface area (Å²) < 4.78 is 0. The van der Waals surface area contributed by atoms with E-state index in [-0.39, 0.29) is 5.54 Å². The smallest absolute Gasteiger partial charge is 0.0297 e. The molecule has 0 saturated heterocycles. The molecular formula is C8H20N2. The van der Waals surface area contributed by atoms with Gasteiger partial charge in [-0.1, -0.05) is 13.8 Å². The lowest BCUT2D eigenvalue weighted by molar-refractivity contribution is 0.147. The Balaban J connectivity index is 4.02. The van der Waals surface area contributed by atoms with Gasteiger partial charge in [-0.05, 0) is 26.9 Å². The van der Waals surface area contributed by atoms with E-state index in [4.69, 9.17) is 5.73 Å². The zero-order chi connectivity index (χ0) is 8.20. The van der Waals surface area contributed by atoms with Crippen molar-refractivity contribution in [1.82, 2.24) is 4.90 Å². The first-order valence-corrected chi connectivity index (χ1v) is 4.02. The fourth-order valence-corrected chi connectivity index (χ4v) is 0.952. The summed E-state index contributed by atoms with van der Waals surface area (Å²) in [6.45, 7) is 8.36. The average Bonchev–Trinajstić information content (AvgIpc) is 2.01. The normalized spacial score (nSPS) is 17.4. The molecule has 0 amide bonds. The number of rotatable bonds is 4. The second-order valence-corrected chi connectivity index (χ2v) is 3.07. The zero-order valence-corrected chi connectivity index (χ0v) is 7.65. The zero-order valence-electron chi connectivity index (χ0n) is 7.65. The van der Waals surface area contributed by atoms with Crippen LogP contribution in [-0.2, 0) is 0 Å². The Morgan fingerprint density at radius 2 is 1.90 bits per heavy atom. The maximum Gasteiger partial charge on any atom is 0.0297 e. The van der Waals surface area contributed by atoms with E-state index in [2.05, 4.69) is 32.7 Å². The van der Waals surface area contributed by atoms with Gasteiger partial charge in [-0.15, -0.1) is 0 Å². The van der Waals surface area contributed by atoms with Gasteiger partial charge in [0.1, 0.15) is 0 Å². The van der Waals surface area contributed by atoms with Gasteiger partial charge in [-0.2, -0.15) is 0 Å². The summed E-state index contributed by atoms with van der Waals surface area (Å²) in [5.74, 6) is 0. The van der Waals surface area contributed by atoms with Gasteiger partial charge in [0.2, 0.25) is 0 Å². The molecule has 62 valence electrons. The highest BCUT2D eigenvalue weighted by molar-refractivity contribution is 4.82. The van der Waals surface area contributed by atoms with Crippen LogP contribution in [0.3, 0.4) is 0 Å². The van der Waals surface area contributed by atoms with Crippen molar-refractivity contribution >= 4 is 0 Å². The SMILES string of the molecule is CCN(C)C(C)(CC)CN. The van der Waals surface area contributed by atoms with E-state index in [0.29, 0.717) is 0 Å². The van der Waals surface area contributed by atoms with Crippen LogP contribution in [0.5, 0.6) is 0 Å². The van der Waals surface area contributed by atoms with Crippen molar-refractivity contribution in [2.75, 3.05) is 20.1 Å². The van der Waals surface area contributed by atoms with Crippen LogP contribution in [0.15, 0.2) is 0 Å². The first-order valence-electron chi connectivity index (χ1n) is 4.02. The van der Waals surface area contributed by atoms with Gasteiger partial charge in [0.15, 0.2) is 0 Å². The van der Waals surface area contributed by atoms with Crippen molar-refractivity contribution in [3.63, 3.8) is 0 Å². The Morgan fingerprint density at radius 3 is 2.00 bits per heavy atom. The summed E-state index contributed by atoms with van der Waals surface area (Å²) in [6.07, 6.45) is 1.12. The maximum atomic E-state index is 5.65. The predicted octanol–water partition coefficient (Wildman–Crippen LogP) is 1.07. The molecule has 0 aliphatic rings. The third kappa shape index (κ3) is 1.96. The Bertz CT molecular complexity index is 87.3. The van der Waals surface area contributed by atoms with Gasteiger partial charge in [-0.25, -0.2) is 0 Å². The number of hydrogen-bond donors (Lipinski definition) is 1. The van der Waals surface area contributed by atoms with Crippen molar-refractivity contribution < 1.29 is 0 Å². The lowest BCUT2D eigenvalue weighted by Gasteiger charge is -2.36. The topological polar surface area (TPSA) is 29.3 Å². The third-order valence-corrected chi connectivity index (χ3v) is 2.60. The van der Waals surface area contributed by atoms with E-state index in [1.807, 2.05) is 0 Å². The first-order chi connectivity index (χ1) is 4.60. The third-order valence-electron chi connectivity index (χ3n) is 2.60. The molecule has 2 heteroatoms. The Labute approximate surface area is 64.4 Å². The first kappa shape index (κ1) is 9.92. The van der Waals surface area contributed by atoms with Crippen molar-refractivity contribution in [3.8, 4) is 0 Å². The van der Waals surface area contributed by atoms with Crippen LogP contribution in [0.25, 0.3) is 0 Å². The lowest BCUT2D eigenvalue weighted by Crippen LogP contribution is -2.48. The van der Waals surface area contributed by atoms with Gasteiger partial charge >= 0.3 is 0 Å². The molecule has 1 atom stereocenters. The number of likely N-dealkylation sites (N-methyl/N-ethyl adjacent to an activating group) is 1. The molecule has 0 radical (unpaired) electrons. The van der Waals surface area contributed by atoms with Gasteiger partial charge in [-0.3, -0.25) is 4.90 Å². The lowest BCUT2D eigenvalue weighted by atomic mass is 9.97. The van der Waals surface area contributed by atoms with E-state index >= 15 is 0 Å². The highest BCUT2D eigenvalue weighted by Gasteiger charge is 2.23. The fraction of sp³-hybridized carbons (Fsp3) is 1.00. The number of nitrogens with zero attached hydrogens (tertiary/aromatic N) is 1. The van der Waals surface area contributed by atoms with E-state index < -0.39 is 0 Å². The van der Waals surface area contributed by atoms with Crippen LogP contribution in [0.4, 0.5) is 0 Å². The molecule has 2 nitrogen and oxygen atoms in total. The van der Waals surface area contributed by atoms with Crippen molar-refractivity contribution in [2.24, 2.45) is 5.73 Å². The molecule has 0 fully saturated rings. The minimum Gasteiger partial charge on any atom is -0.329 e. The molecular weight excluding hydrogens is 124 g/mol. The fourth-order valence-electron chi connectivity index (χ4n) is 0.952. The predicted molar refractivity (Wildman–Crippen MR) is 46.1 cm³/mol.